The molecule has 0 aliphatic heterocycles. The summed E-state index contributed by atoms with van der Waals surface area (Å²) in [6.07, 6.45) is 0.733. The maximum atomic E-state index is 12.7. The minimum absolute atomic E-state index is 0.144. The van der Waals surface area contributed by atoms with Crippen molar-refractivity contribution >= 4 is 6.08 Å². The molecule has 0 aliphatic carbocycles. The van der Waals surface area contributed by atoms with Crippen molar-refractivity contribution in [2.24, 2.45) is 0 Å². The van der Waals surface area contributed by atoms with E-state index < -0.39 is 28.8 Å². The van der Waals surface area contributed by atoms with Crippen LogP contribution in [0.1, 0.15) is 5.56 Å². The zero-order chi connectivity index (χ0) is 10.0. The van der Waals surface area contributed by atoms with Crippen LogP contribution in [0.15, 0.2) is 18.4 Å². The Hall–Kier alpha value is -1.54. The molecule has 0 radical (unpaired) electrons. The van der Waals surface area contributed by atoms with E-state index in [2.05, 4.69) is 6.58 Å². The number of rotatable bonds is 1. The van der Waals surface area contributed by atoms with Crippen LogP contribution in [0, 0.1) is 23.3 Å². The molecule has 0 bridgehead atoms. The standard InChI is InChI=1S/C9H4F4/c1-2-3-5-8(12)6(10)4-7(11)9(5)13/h3-4H,1H2. The molecule has 0 amide bonds. The molecule has 0 aliphatic rings. The van der Waals surface area contributed by atoms with E-state index in [4.69, 9.17) is 0 Å². The molecule has 13 heavy (non-hydrogen) atoms. The first-order chi connectivity index (χ1) is 6.07. The molecule has 0 atom stereocenters. The maximum absolute atomic E-state index is 12.7. The molecule has 68 valence electrons. The third-order valence-electron chi connectivity index (χ3n) is 1.39. The fraction of sp³-hybridized carbons (Fsp3) is 0. The molecule has 0 fully saturated rings. The van der Waals surface area contributed by atoms with Crippen molar-refractivity contribution in [2.75, 3.05) is 0 Å². The predicted molar refractivity (Wildman–Crippen MR) is 39.9 cm³/mol. The van der Waals surface area contributed by atoms with Gasteiger partial charge in [-0.3, -0.25) is 0 Å². The predicted octanol–water partition coefficient (Wildman–Crippen LogP) is 3.04. The largest absolute Gasteiger partial charge is 0.204 e. The summed E-state index contributed by atoms with van der Waals surface area (Å²) >= 11 is 0. The lowest BCUT2D eigenvalue weighted by molar-refractivity contribution is 0.451. The second-order valence-electron chi connectivity index (χ2n) is 2.23. The zero-order valence-corrected chi connectivity index (χ0v) is 6.37. The highest BCUT2D eigenvalue weighted by molar-refractivity contribution is 5.50. The van der Waals surface area contributed by atoms with Crippen LogP contribution in [0.3, 0.4) is 0 Å². The second kappa shape index (κ2) is 3.46. The average Bonchev–Trinajstić information content (AvgIpc) is 2.09. The van der Waals surface area contributed by atoms with Gasteiger partial charge in [0.15, 0.2) is 23.3 Å². The molecule has 0 unspecified atom stereocenters. The normalized spacial score (nSPS) is 9.54. The highest BCUT2D eigenvalue weighted by Crippen LogP contribution is 2.19. The van der Waals surface area contributed by atoms with Crippen molar-refractivity contribution in [1.29, 1.82) is 0 Å². The summed E-state index contributed by atoms with van der Waals surface area (Å²) in [6, 6.07) is 0.144. The topological polar surface area (TPSA) is 0 Å². The lowest BCUT2D eigenvalue weighted by Gasteiger charge is -2.00. The molecule has 0 saturated carbocycles. The third-order valence-corrected chi connectivity index (χ3v) is 1.39. The summed E-state index contributed by atoms with van der Waals surface area (Å²) in [5, 5.41) is 0. The summed E-state index contributed by atoms with van der Waals surface area (Å²) in [4.78, 5) is 0. The van der Waals surface area contributed by atoms with Crippen molar-refractivity contribution in [2.45, 2.75) is 0 Å². The Morgan fingerprint density at radius 1 is 1.08 bits per heavy atom. The summed E-state index contributed by atoms with van der Waals surface area (Å²) in [6.45, 7) is 3.04. The van der Waals surface area contributed by atoms with Gasteiger partial charge in [-0.2, -0.15) is 0 Å². The lowest BCUT2D eigenvalue weighted by Crippen LogP contribution is -1.97. The molecule has 0 saturated heterocycles. The summed E-state index contributed by atoms with van der Waals surface area (Å²) in [7, 11) is 0. The molecular weight excluding hydrogens is 184 g/mol. The van der Waals surface area contributed by atoms with Crippen LogP contribution < -0.4 is 0 Å². The van der Waals surface area contributed by atoms with Gasteiger partial charge in [0.1, 0.15) is 0 Å². The molecule has 0 heterocycles. The van der Waals surface area contributed by atoms with Crippen LogP contribution in [0.4, 0.5) is 17.6 Å². The quantitative estimate of drug-likeness (QED) is 0.361. The van der Waals surface area contributed by atoms with Gasteiger partial charge in [-0.1, -0.05) is 6.58 Å². The second-order valence-corrected chi connectivity index (χ2v) is 2.23. The van der Waals surface area contributed by atoms with Gasteiger partial charge in [0.05, 0.1) is 5.56 Å². The van der Waals surface area contributed by atoms with Gasteiger partial charge in [-0.25, -0.2) is 17.6 Å². The molecule has 0 aromatic heterocycles. The van der Waals surface area contributed by atoms with E-state index in [0.717, 1.165) is 6.08 Å². The molecule has 4 heteroatoms. The van der Waals surface area contributed by atoms with Gasteiger partial charge in [-0.15, -0.1) is 5.73 Å². The van der Waals surface area contributed by atoms with Gasteiger partial charge in [0.25, 0.3) is 0 Å². The molecule has 1 rings (SSSR count). The van der Waals surface area contributed by atoms with Crippen LogP contribution in [-0.4, -0.2) is 0 Å². The Labute approximate surface area is 71.8 Å². The highest BCUT2D eigenvalue weighted by atomic mass is 19.2. The van der Waals surface area contributed by atoms with Gasteiger partial charge in [0.2, 0.25) is 0 Å². The van der Waals surface area contributed by atoms with Crippen LogP contribution in [0.2, 0.25) is 0 Å². The average molecular weight is 188 g/mol. The molecule has 0 nitrogen and oxygen atoms in total. The van der Waals surface area contributed by atoms with E-state index in [0.29, 0.717) is 0 Å². The smallest absolute Gasteiger partial charge is 0.169 e. The minimum atomic E-state index is -1.45. The fourth-order valence-corrected chi connectivity index (χ4v) is 0.820. The lowest BCUT2D eigenvalue weighted by atomic mass is 10.2. The summed E-state index contributed by atoms with van der Waals surface area (Å²) in [5.74, 6) is -5.79. The van der Waals surface area contributed by atoms with Gasteiger partial charge < -0.3 is 0 Å². The van der Waals surface area contributed by atoms with E-state index in [1.165, 1.54) is 0 Å². The third kappa shape index (κ3) is 1.63. The van der Waals surface area contributed by atoms with E-state index in [1.807, 2.05) is 5.73 Å². The van der Waals surface area contributed by atoms with Crippen LogP contribution >= 0.6 is 0 Å². The Bertz CT molecular complexity index is 363. The van der Waals surface area contributed by atoms with E-state index in [1.54, 1.807) is 0 Å². The maximum Gasteiger partial charge on any atom is 0.169 e. The molecule has 0 spiro atoms. The minimum Gasteiger partial charge on any atom is -0.204 e. The summed E-state index contributed by atoms with van der Waals surface area (Å²) in [5.41, 5.74) is 1.22. The van der Waals surface area contributed by atoms with E-state index >= 15 is 0 Å². The highest BCUT2D eigenvalue weighted by Gasteiger charge is 2.16. The van der Waals surface area contributed by atoms with Crippen LogP contribution in [-0.2, 0) is 0 Å². The van der Waals surface area contributed by atoms with Crippen molar-refractivity contribution < 1.29 is 17.6 Å². The Morgan fingerprint density at radius 3 is 1.92 bits per heavy atom. The Balaban J connectivity index is 3.55. The zero-order valence-electron chi connectivity index (χ0n) is 6.37. The number of benzene rings is 1. The van der Waals surface area contributed by atoms with Crippen molar-refractivity contribution in [3.8, 4) is 0 Å². The molecular formula is C9H4F4. The molecule has 1 aromatic rings. The number of hydrogen-bond acceptors (Lipinski definition) is 0. The first-order valence-corrected chi connectivity index (χ1v) is 3.26. The SMILES string of the molecule is C=C=Cc1c(F)c(F)cc(F)c1F. The van der Waals surface area contributed by atoms with Crippen LogP contribution in [0.25, 0.3) is 6.08 Å². The Morgan fingerprint density at radius 2 is 1.54 bits per heavy atom. The van der Waals surface area contributed by atoms with Crippen molar-refractivity contribution in [3.05, 3.63) is 47.2 Å². The molecule has 0 N–H and O–H groups in total. The van der Waals surface area contributed by atoms with Crippen molar-refractivity contribution in [3.63, 3.8) is 0 Å². The first kappa shape index (κ1) is 9.55. The van der Waals surface area contributed by atoms with E-state index in [9.17, 15) is 17.6 Å². The van der Waals surface area contributed by atoms with E-state index in [-0.39, 0.29) is 6.07 Å². The van der Waals surface area contributed by atoms with Gasteiger partial charge in [-0.05, 0) is 6.08 Å². The van der Waals surface area contributed by atoms with Crippen molar-refractivity contribution in [1.82, 2.24) is 0 Å². The molecule has 1 aromatic carbocycles. The Kier molecular flexibility index (Phi) is 2.54. The number of halogens is 4. The number of hydrogen-bond donors (Lipinski definition) is 0. The summed E-state index contributed by atoms with van der Waals surface area (Å²) < 4.78 is 50.5. The van der Waals surface area contributed by atoms with Crippen LogP contribution in [0.5, 0.6) is 0 Å². The monoisotopic (exact) mass is 188 g/mol. The fourth-order valence-electron chi connectivity index (χ4n) is 0.820. The van der Waals surface area contributed by atoms with Gasteiger partial charge in [0, 0.05) is 6.07 Å². The van der Waals surface area contributed by atoms with Gasteiger partial charge >= 0.3 is 0 Å². The first-order valence-electron chi connectivity index (χ1n) is 3.26.